The van der Waals surface area contributed by atoms with E-state index in [-0.39, 0.29) is 17.5 Å². The smallest absolute Gasteiger partial charge is 0.266 e. The number of halogens is 1. The monoisotopic (exact) mass is 349 g/mol. The van der Waals surface area contributed by atoms with Gasteiger partial charge in [0, 0.05) is 17.3 Å². The minimum Gasteiger partial charge on any atom is -0.391 e. The molecule has 0 aromatic carbocycles. The van der Waals surface area contributed by atoms with Crippen molar-refractivity contribution in [3.63, 3.8) is 0 Å². The van der Waals surface area contributed by atoms with E-state index in [2.05, 4.69) is 30.6 Å². The van der Waals surface area contributed by atoms with Crippen LogP contribution < -0.4 is 4.72 Å². The third-order valence-corrected chi connectivity index (χ3v) is 5.51. The minimum atomic E-state index is -3.76. The Labute approximate surface area is 116 Å². The normalized spacial score (nSPS) is 11.4. The van der Waals surface area contributed by atoms with Crippen molar-refractivity contribution in [2.75, 3.05) is 4.72 Å². The first-order valence-corrected chi connectivity index (χ1v) is 7.81. The fourth-order valence-corrected chi connectivity index (χ4v) is 4.69. The van der Waals surface area contributed by atoms with Crippen molar-refractivity contribution < 1.29 is 13.5 Å². The zero-order valence-electron chi connectivity index (χ0n) is 8.87. The first-order chi connectivity index (χ1) is 8.53. The molecule has 6 nitrogen and oxygen atoms in total. The van der Waals surface area contributed by atoms with E-state index in [1.165, 1.54) is 18.5 Å². The van der Waals surface area contributed by atoms with Crippen molar-refractivity contribution in [1.82, 2.24) is 9.97 Å². The van der Waals surface area contributed by atoms with Gasteiger partial charge in [0.25, 0.3) is 10.0 Å². The molecule has 0 bridgehead atoms. The quantitative estimate of drug-likeness (QED) is 0.874. The zero-order chi connectivity index (χ0) is 13.2. The molecule has 2 heterocycles. The fraction of sp³-hybridized carbons (Fsp3) is 0.111. The number of aromatic nitrogens is 2. The maximum absolute atomic E-state index is 12.1. The largest absolute Gasteiger partial charge is 0.391 e. The Balaban J connectivity index is 2.34. The third-order valence-electron chi connectivity index (χ3n) is 1.94. The molecule has 2 N–H and O–H groups in total. The number of hydrogen-bond donors (Lipinski definition) is 2. The lowest BCUT2D eigenvalue weighted by molar-refractivity contribution is 0.285. The Hall–Kier alpha value is -1.03. The van der Waals surface area contributed by atoms with Gasteiger partial charge in [-0.25, -0.2) is 23.1 Å². The highest BCUT2D eigenvalue weighted by Gasteiger charge is 2.21. The molecule has 0 fully saturated rings. The summed E-state index contributed by atoms with van der Waals surface area (Å²) in [5, 5.41) is 8.98. The highest BCUT2D eigenvalue weighted by atomic mass is 79.9. The highest BCUT2D eigenvalue weighted by molar-refractivity contribution is 9.11. The van der Waals surface area contributed by atoms with Crippen molar-refractivity contribution in [1.29, 1.82) is 0 Å². The summed E-state index contributed by atoms with van der Waals surface area (Å²) < 4.78 is 26.8. The minimum absolute atomic E-state index is 0.00106. The van der Waals surface area contributed by atoms with Gasteiger partial charge in [0.1, 0.15) is 4.90 Å². The predicted octanol–water partition coefficient (Wildman–Crippen LogP) is 1.59. The van der Waals surface area contributed by atoms with Crippen LogP contribution in [0.2, 0.25) is 0 Å². The molecule has 0 spiro atoms. The molecule has 0 radical (unpaired) electrons. The SMILES string of the molecule is O=S(=O)(Nc1ncccn1)c1cc(CO)sc1Br. The number of thiophene rings is 1. The predicted molar refractivity (Wildman–Crippen MR) is 70.8 cm³/mol. The van der Waals surface area contributed by atoms with Crippen LogP contribution in [0.25, 0.3) is 0 Å². The Bertz CT molecular complexity index is 642. The van der Waals surface area contributed by atoms with E-state index < -0.39 is 10.0 Å². The molecular formula is C9H8BrN3O3S2. The Kier molecular flexibility index (Phi) is 3.95. The molecule has 0 aliphatic heterocycles. The molecule has 0 saturated heterocycles. The highest BCUT2D eigenvalue weighted by Crippen LogP contribution is 2.32. The first-order valence-electron chi connectivity index (χ1n) is 4.72. The third kappa shape index (κ3) is 2.86. The average molecular weight is 350 g/mol. The van der Waals surface area contributed by atoms with Gasteiger partial charge >= 0.3 is 0 Å². The zero-order valence-corrected chi connectivity index (χ0v) is 12.1. The molecule has 0 atom stereocenters. The van der Waals surface area contributed by atoms with Crippen LogP contribution in [0.5, 0.6) is 0 Å². The standard InChI is InChI=1S/C9H8BrN3O3S2/c10-8-7(4-6(5-14)17-8)18(15,16)13-9-11-2-1-3-12-9/h1-4,14H,5H2,(H,11,12,13). The fourth-order valence-electron chi connectivity index (χ4n) is 1.19. The number of nitrogens with one attached hydrogen (secondary N) is 1. The molecular weight excluding hydrogens is 342 g/mol. The van der Waals surface area contributed by atoms with Crippen LogP contribution in [0.15, 0.2) is 33.2 Å². The van der Waals surface area contributed by atoms with E-state index in [0.717, 1.165) is 11.3 Å². The van der Waals surface area contributed by atoms with Crippen LogP contribution in [0.4, 0.5) is 5.95 Å². The van der Waals surface area contributed by atoms with Gasteiger partial charge in [-0.3, -0.25) is 0 Å². The van der Waals surface area contributed by atoms with E-state index >= 15 is 0 Å². The summed E-state index contributed by atoms with van der Waals surface area (Å²) in [5.74, 6) is 0.00106. The number of rotatable bonds is 4. The van der Waals surface area contributed by atoms with Gasteiger partial charge in [-0.1, -0.05) is 0 Å². The summed E-state index contributed by atoms with van der Waals surface area (Å²) in [4.78, 5) is 8.18. The van der Waals surface area contributed by atoms with E-state index in [9.17, 15) is 8.42 Å². The first kappa shape index (κ1) is 13.4. The molecule has 0 amide bonds. The van der Waals surface area contributed by atoms with E-state index in [1.807, 2.05) is 0 Å². The summed E-state index contributed by atoms with van der Waals surface area (Å²) in [5.41, 5.74) is 0. The number of hydrogen-bond acceptors (Lipinski definition) is 6. The number of aliphatic hydroxyl groups excluding tert-OH is 1. The maximum Gasteiger partial charge on any atom is 0.266 e. The lowest BCUT2D eigenvalue weighted by atomic mass is 10.5. The number of nitrogens with zero attached hydrogens (tertiary/aromatic N) is 2. The molecule has 18 heavy (non-hydrogen) atoms. The molecule has 96 valence electrons. The summed E-state index contributed by atoms with van der Waals surface area (Å²) in [6, 6.07) is 2.99. The number of anilines is 1. The van der Waals surface area contributed by atoms with Crippen LogP contribution in [-0.4, -0.2) is 23.5 Å². The van der Waals surface area contributed by atoms with Gasteiger partial charge < -0.3 is 5.11 Å². The second-order valence-corrected chi connectivity index (χ2v) is 7.29. The molecule has 2 aromatic heterocycles. The van der Waals surface area contributed by atoms with Gasteiger partial charge in [0.2, 0.25) is 5.95 Å². The molecule has 0 aliphatic carbocycles. The van der Waals surface area contributed by atoms with Crippen LogP contribution in [0, 0.1) is 0 Å². The Morgan fingerprint density at radius 1 is 1.39 bits per heavy atom. The van der Waals surface area contributed by atoms with Gasteiger partial charge in [-0.2, -0.15) is 0 Å². The summed E-state index contributed by atoms with van der Waals surface area (Å²) >= 11 is 4.31. The van der Waals surface area contributed by atoms with Crippen molar-refractivity contribution in [3.8, 4) is 0 Å². The Morgan fingerprint density at radius 3 is 2.61 bits per heavy atom. The second-order valence-electron chi connectivity index (χ2n) is 3.19. The lowest BCUT2D eigenvalue weighted by Crippen LogP contribution is -2.14. The van der Waals surface area contributed by atoms with Crippen LogP contribution in [0.3, 0.4) is 0 Å². The summed E-state index contributed by atoms with van der Waals surface area (Å²) in [6.45, 7) is -0.208. The van der Waals surface area contributed by atoms with E-state index in [1.54, 1.807) is 6.07 Å². The van der Waals surface area contributed by atoms with Crippen LogP contribution in [-0.2, 0) is 16.6 Å². The molecule has 2 rings (SSSR count). The molecule has 2 aromatic rings. The van der Waals surface area contributed by atoms with Gasteiger partial charge in [-0.15, -0.1) is 11.3 Å². The van der Waals surface area contributed by atoms with E-state index in [4.69, 9.17) is 5.11 Å². The van der Waals surface area contributed by atoms with Crippen LogP contribution in [0.1, 0.15) is 4.88 Å². The van der Waals surface area contributed by atoms with Gasteiger partial charge in [0.15, 0.2) is 0 Å². The second kappa shape index (κ2) is 5.31. The number of sulfonamides is 1. The van der Waals surface area contributed by atoms with Gasteiger partial charge in [-0.05, 0) is 28.1 Å². The van der Waals surface area contributed by atoms with Crippen molar-refractivity contribution in [2.45, 2.75) is 11.5 Å². The van der Waals surface area contributed by atoms with Crippen molar-refractivity contribution in [2.24, 2.45) is 0 Å². The van der Waals surface area contributed by atoms with Crippen molar-refractivity contribution in [3.05, 3.63) is 33.2 Å². The maximum atomic E-state index is 12.1. The molecule has 0 aliphatic rings. The van der Waals surface area contributed by atoms with E-state index in [0.29, 0.717) is 8.66 Å². The molecule has 0 saturated carbocycles. The van der Waals surface area contributed by atoms with Crippen LogP contribution >= 0.6 is 27.3 Å². The lowest BCUT2D eigenvalue weighted by Gasteiger charge is -2.04. The Morgan fingerprint density at radius 2 is 2.06 bits per heavy atom. The average Bonchev–Trinajstić information content (AvgIpc) is 2.72. The number of aliphatic hydroxyl groups is 1. The summed E-state index contributed by atoms with van der Waals surface area (Å²) in [6.07, 6.45) is 2.87. The van der Waals surface area contributed by atoms with Crippen molar-refractivity contribution >= 4 is 43.2 Å². The van der Waals surface area contributed by atoms with Gasteiger partial charge in [0.05, 0.1) is 10.4 Å². The topological polar surface area (TPSA) is 92.2 Å². The molecule has 9 heteroatoms. The summed E-state index contributed by atoms with van der Waals surface area (Å²) in [7, 11) is -3.76. The molecule has 0 unspecified atom stereocenters.